The molecule has 2 aromatic rings. The first kappa shape index (κ1) is 30.9. The van der Waals surface area contributed by atoms with E-state index in [1.54, 1.807) is 12.5 Å². The highest BCUT2D eigenvalue weighted by atomic mass is 35.5. The molecule has 1 aromatic heterocycles. The van der Waals surface area contributed by atoms with E-state index in [1.165, 1.54) is 18.4 Å². The maximum absolute atomic E-state index is 13.7. The molecule has 7 nitrogen and oxygen atoms in total. The first-order chi connectivity index (χ1) is 19.5. The van der Waals surface area contributed by atoms with Gasteiger partial charge in [-0.15, -0.1) is 12.4 Å². The quantitative estimate of drug-likeness (QED) is 0.371. The summed E-state index contributed by atoms with van der Waals surface area (Å²) in [5.41, 5.74) is 2.29. The Morgan fingerprint density at radius 1 is 1.05 bits per heavy atom. The summed E-state index contributed by atoms with van der Waals surface area (Å²) in [5, 5.41) is 0. The molecule has 4 saturated heterocycles. The van der Waals surface area contributed by atoms with Gasteiger partial charge in [-0.05, 0) is 62.5 Å². The molecule has 6 rings (SSSR count). The molecule has 0 radical (unpaired) electrons. The van der Waals surface area contributed by atoms with E-state index in [0.29, 0.717) is 36.9 Å². The highest BCUT2D eigenvalue weighted by Crippen LogP contribution is 2.49. The maximum Gasteiger partial charge on any atom is 0.321 e. The smallest absolute Gasteiger partial charge is 0.321 e. The van der Waals surface area contributed by atoms with Gasteiger partial charge in [0.25, 0.3) is 0 Å². The van der Waals surface area contributed by atoms with Crippen molar-refractivity contribution >= 4 is 24.3 Å². The van der Waals surface area contributed by atoms with Crippen molar-refractivity contribution in [3.05, 3.63) is 60.1 Å². The van der Waals surface area contributed by atoms with Crippen LogP contribution < -0.4 is 0 Å². The van der Waals surface area contributed by atoms with Gasteiger partial charge in [-0.1, -0.05) is 51.1 Å². The number of benzene rings is 1. The Labute approximate surface area is 258 Å². The molecule has 2 bridgehead atoms. The van der Waals surface area contributed by atoms with Crippen molar-refractivity contribution in [3.8, 4) is 0 Å². The molecule has 1 spiro atoms. The minimum absolute atomic E-state index is 0. The van der Waals surface area contributed by atoms with Crippen LogP contribution in [0.5, 0.6) is 0 Å². The molecule has 2 unspecified atom stereocenters. The SMILES string of the molecule is CC(C)N1C(=O)N(Cc2ccoc2)CC12CC1CCC(C2)N1C[C@H]1CN(C(=O)CC(C)(C)C)C[C@@H]1c1ccccc1.Cl. The van der Waals surface area contributed by atoms with Crippen LogP contribution in [0.2, 0.25) is 0 Å². The van der Waals surface area contributed by atoms with Crippen LogP contribution in [0, 0.1) is 11.3 Å². The van der Waals surface area contributed by atoms with Gasteiger partial charge >= 0.3 is 6.03 Å². The third-order valence-electron chi connectivity index (χ3n) is 10.1. The molecule has 4 fully saturated rings. The molecule has 42 heavy (non-hydrogen) atoms. The largest absolute Gasteiger partial charge is 0.472 e. The summed E-state index contributed by atoms with van der Waals surface area (Å²) in [6.45, 7) is 14.9. The van der Waals surface area contributed by atoms with Gasteiger partial charge < -0.3 is 19.1 Å². The molecule has 230 valence electrons. The van der Waals surface area contributed by atoms with E-state index in [2.05, 4.69) is 79.7 Å². The van der Waals surface area contributed by atoms with Crippen LogP contribution in [0.25, 0.3) is 0 Å². The number of rotatable bonds is 7. The molecule has 1 aromatic carbocycles. The van der Waals surface area contributed by atoms with Gasteiger partial charge in [0.05, 0.1) is 24.6 Å². The first-order valence-corrected chi connectivity index (χ1v) is 15.7. The predicted octanol–water partition coefficient (Wildman–Crippen LogP) is 6.39. The summed E-state index contributed by atoms with van der Waals surface area (Å²) in [4.78, 5) is 36.2. The van der Waals surface area contributed by atoms with Gasteiger partial charge in [-0.25, -0.2) is 4.79 Å². The molecule has 0 saturated carbocycles. The summed E-state index contributed by atoms with van der Waals surface area (Å²) >= 11 is 0. The fourth-order valence-corrected chi connectivity index (χ4v) is 8.56. The number of hydrogen-bond acceptors (Lipinski definition) is 4. The standard InChI is InChI=1S/C34H48N4O3.ClH/c1-24(2)38-32(40)36(18-25-13-14-41-22-25)23-34(38)15-28-11-12-29(16-34)37(28)20-27-19-35(31(39)17-33(3,4)5)21-30(27)26-9-7-6-8-10-26;/h6-10,13-14,22,24,27-30H,11-12,15-21,23H2,1-5H3;1H/t27-,28?,29?,30-,34?;/m1./s1. The maximum atomic E-state index is 13.7. The zero-order valence-electron chi connectivity index (χ0n) is 26.0. The molecule has 0 aliphatic carbocycles. The highest BCUT2D eigenvalue weighted by Gasteiger charge is 2.58. The first-order valence-electron chi connectivity index (χ1n) is 15.7. The third kappa shape index (κ3) is 5.96. The summed E-state index contributed by atoms with van der Waals surface area (Å²) in [5.74, 6) is 1.07. The Bertz CT molecular complexity index is 1210. The zero-order valence-corrected chi connectivity index (χ0v) is 26.8. The van der Waals surface area contributed by atoms with Gasteiger partial charge in [0.1, 0.15) is 0 Å². The van der Waals surface area contributed by atoms with Crippen molar-refractivity contribution in [2.45, 2.75) is 103 Å². The normalized spacial score (nSPS) is 29.7. The van der Waals surface area contributed by atoms with E-state index in [0.717, 1.165) is 44.6 Å². The molecule has 4 aliphatic rings. The molecular formula is C34H49ClN4O3. The lowest BCUT2D eigenvalue weighted by Crippen LogP contribution is -2.60. The van der Waals surface area contributed by atoms with E-state index in [-0.39, 0.29) is 41.3 Å². The van der Waals surface area contributed by atoms with Crippen LogP contribution >= 0.6 is 12.4 Å². The molecule has 4 aliphatic heterocycles. The second-order valence-electron chi connectivity index (χ2n) is 14.8. The van der Waals surface area contributed by atoms with E-state index >= 15 is 0 Å². The van der Waals surface area contributed by atoms with E-state index in [4.69, 9.17) is 4.42 Å². The van der Waals surface area contributed by atoms with Gasteiger partial charge in [-0.3, -0.25) is 9.69 Å². The lowest BCUT2D eigenvalue weighted by atomic mass is 9.80. The molecule has 4 atom stereocenters. The average molecular weight is 597 g/mol. The number of amides is 3. The summed E-state index contributed by atoms with van der Waals surface area (Å²) in [7, 11) is 0. The van der Waals surface area contributed by atoms with Crippen molar-refractivity contribution in [1.29, 1.82) is 0 Å². The Balaban J connectivity index is 0.00000353. The van der Waals surface area contributed by atoms with Crippen LogP contribution in [0.15, 0.2) is 53.3 Å². The number of carbonyl (C=O) groups excluding carboxylic acids is 2. The number of hydrogen-bond donors (Lipinski definition) is 0. The minimum atomic E-state index is -0.111. The molecule has 0 N–H and O–H groups in total. The summed E-state index contributed by atoms with van der Waals surface area (Å²) in [6, 6.07) is 14.1. The number of halogens is 1. The van der Waals surface area contributed by atoms with Crippen LogP contribution in [-0.2, 0) is 11.3 Å². The van der Waals surface area contributed by atoms with Crippen molar-refractivity contribution in [2.75, 3.05) is 26.2 Å². The number of piperidine rings is 1. The van der Waals surface area contributed by atoms with Crippen molar-refractivity contribution in [1.82, 2.24) is 19.6 Å². The summed E-state index contributed by atoms with van der Waals surface area (Å²) < 4.78 is 5.30. The van der Waals surface area contributed by atoms with E-state index < -0.39 is 0 Å². The predicted molar refractivity (Wildman–Crippen MR) is 168 cm³/mol. The van der Waals surface area contributed by atoms with Crippen LogP contribution in [0.3, 0.4) is 0 Å². The van der Waals surface area contributed by atoms with Gasteiger partial charge in [-0.2, -0.15) is 0 Å². The number of nitrogens with zero attached hydrogens (tertiary/aromatic N) is 4. The Morgan fingerprint density at radius 3 is 2.33 bits per heavy atom. The number of carbonyl (C=O) groups is 2. The second kappa shape index (κ2) is 11.9. The van der Waals surface area contributed by atoms with Crippen LogP contribution in [0.1, 0.15) is 83.8 Å². The highest BCUT2D eigenvalue weighted by molar-refractivity contribution is 5.85. The molecular weight excluding hydrogens is 548 g/mol. The van der Waals surface area contributed by atoms with Crippen molar-refractivity contribution in [2.24, 2.45) is 11.3 Å². The Hall–Kier alpha value is -2.51. The van der Waals surface area contributed by atoms with Gasteiger partial charge in [0.2, 0.25) is 5.91 Å². The fourth-order valence-electron chi connectivity index (χ4n) is 8.56. The molecule has 8 heteroatoms. The van der Waals surface area contributed by atoms with E-state index in [9.17, 15) is 9.59 Å². The zero-order chi connectivity index (χ0) is 28.9. The van der Waals surface area contributed by atoms with E-state index in [1.807, 2.05) is 11.0 Å². The van der Waals surface area contributed by atoms with Crippen LogP contribution in [-0.4, -0.2) is 81.4 Å². The Kier molecular flexibility index (Phi) is 8.75. The average Bonchev–Trinajstić information content (AvgIpc) is 3.67. The fraction of sp³-hybridized carbons (Fsp3) is 0.647. The van der Waals surface area contributed by atoms with Crippen LogP contribution in [0.4, 0.5) is 4.79 Å². The minimum Gasteiger partial charge on any atom is -0.472 e. The lowest BCUT2D eigenvalue weighted by molar-refractivity contribution is -0.132. The number of furan rings is 1. The number of fused-ring (bicyclic) bond motifs is 2. The Morgan fingerprint density at radius 2 is 1.74 bits per heavy atom. The number of urea groups is 1. The molecule has 5 heterocycles. The van der Waals surface area contributed by atoms with Crippen molar-refractivity contribution < 1.29 is 14.0 Å². The summed E-state index contributed by atoms with van der Waals surface area (Å²) in [6.07, 6.45) is 8.49. The lowest BCUT2D eigenvalue weighted by Gasteiger charge is -2.50. The van der Waals surface area contributed by atoms with Gasteiger partial charge in [0.15, 0.2) is 0 Å². The topological polar surface area (TPSA) is 60.2 Å². The monoisotopic (exact) mass is 596 g/mol. The second-order valence-corrected chi connectivity index (χ2v) is 14.8. The molecule has 3 amide bonds. The number of likely N-dealkylation sites (tertiary alicyclic amines) is 1. The van der Waals surface area contributed by atoms with Crippen molar-refractivity contribution in [3.63, 3.8) is 0 Å². The third-order valence-corrected chi connectivity index (χ3v) is 10.1. The van der Waals surface area contributed by atoms with Gasteiger partial charge in [0, 0.05) is 62.2 Å².